The number of ether oxygens (including phenoxy) is 2. The Labute approximate surface area is 131 Å². The molecular formula is C17H24N2O3. The Kier molecular flexibility index (Phi) is 6.27. The number of amides is 1. The SMILES string of the molecule is CCCCOc1ccc(/C=C\C(=O)N2CCOCC2)cc1N. The van der Waals surface area contributed by atoms with Gasteiger partial charge in [-0.15, -0.1) is 0 Å². The number of nitrogens with zero attached hydrogens (tertiary/aromatic N) is 1. The summed E-state index contributed by atoms with van der Waals surface area (Å²) in [6.45, 7) is 5.30. The number of carbonyl (C=O) groups excluding carboxylic acids is 1. The van der Waals surface area contributed by atoms with E-state index in [-0.39, 0.29) is 5.91 Å². The first-order valence-corrected chi connectivity index (χ1v) is 7.77. The molecule has 0 bridgehead atoms. The van der Waals surface area contributed by atoms with Crippen LogP contribution in [-0.2, 0) is 9.53 Å². The van der Waals surface area contributed by atoms with E-state index >= 15 is 0 Å². The van der Waals surface area contributed by atoms with Gasteiger partial charge in [0, 0.05) is 19.2 Å². The van der Waals surface area contributed by atoms with Crippen molar-refractivity contribution in [3.63, 3.8) is 0 Å². The Morgan fingerprint density at radius 1 is 1.41 bits per heavy atom. The highest BCUT2D eigenvalue weighted by atomic mass is 16.5. The molecule has 0 spiro atoms. The molecule has 0 atom stereocenters. The summed E-state index contributed by atoms with van der Waals surface area (Å²) in [4.78, 5) is 13.8. The summed E-state index contributed by atoms with van der Waals surface area (Å²) in [5, 5.41) is 0. The lowest BCUT2D eigenvalue weighted by Crippen LogP contribution is -2.39. The maximum Gasteiger partial charge on any atom is 0.246 e. The molecule has 2 N–H and O–H groups in total. The molecule has 5 nitrogen and oxygen atoms in total. The van der Waals surface area contributed by atoms with Crippen LogP contribution in [-0.4, -0.2) is 43.7 Å². The van der Waals surface area contributed by atoms with Crippen LogP contribution in [0, 0.1) is 0 Å². The predicted molar refractivity (Wildman–Crippen MR) is 87.7 cm³/mol. The highest BCUT2D eigenvalue weighted by Crippen LogP contribution is 2.23. The number of carbonyl (C=O) groups is 1. The minimum Gasteiger partial charge on any atom is -0.491 e. The fourth-order valence-corrected chi connectivity index (χ4v) is 2.19. The molecule has 2 rings (SSSR count). The minimum atomic E-state index is 0.00476. The van der Waals surface area contributed by atoms with E-state index in [0.29, 0.717) is 44.3 Å². The number of anilines is 1. The molecule has 0 unspecified atom stereocenters. The minimum absolute atomic E-state index is 0.00476. The van der Waals surface area contributed by atoms with Crippen LogP contribution in [0.5, 0.6) is 5.75 Å². The van der Waals surface area contributed by atoms with Gasteiger partial charge < -0.3 is 20.1 Å². The topological polar surface area (TPSA) is 64.8 Å². The fourth-order valence-electron chi connectivity index (χ4n) is 2.19. The van der Waals surface area contributed by atoms with Crippen molar-refractivity contribution in [3.05, 3.63) is 29.8 Å². The molecule has 0 aliphatic carbocycles. The number of nitrogens with two attached hydrogens (primary N) is 1. The Morgan fingerprint density at radius 3 is 2.86 bits per heavy atom. The maximum absolute atomic E-state index is 12.0. The van der Waals surface area contributed by atoms with Crippen LogP contribution in [0.4, 0.5) is 5.69 Å². The van der Waals surface area contributed by atoms with Gasteiger partial charge in [0.15, 0.2) is 0 Å². The molecule has 5 heteroatoms. The van der Waals surface area contributed by atoms with Gasteiger partial charge in [0.2, 0.25) is 5.91 Å². The molecule has 1 amide bonds. The standard InChI is InChI=1S/C17H24N2O3/c1-2-3-10-22-16-6-4-14(13-15(16)18)5-7-17(20)19-8-11-21-12-9-19/h4-7,13H,2-3,8-12,18H2,1H3/b7-5-. The lowest BCUT2D eigenvalue weighted by Gasteiger charge is -2.25. The molecule has 1 saturated heterocycles. The average Bonchev–Trinajstić information content (AvgIpc) is 2.55. The van der Waals surface area contributed by atoms with E-state index in [1.54, 1.807) is 17.1 Å². The third kappa shape index (κ3) is 4.77. The average molecular weight is 304 g/mol. The number of rotatable bonds is 6. The second-order valence-electron chi connectivity index (χ2n) is 5.27. The van der Waals surface area contributed by atoms with Crippen molar-refractivity contribution in [2.24, 2.45) is 0 Å². The number of benzene rings is 1. The van der Waals surface area contributed by atoms with Gasteiger partial charge in [-0.2, -0.15) is 0 Å². The third-order valence-corrected chi connectivity index (χ3v) is 3.53. The van der Waals surface area contributed by atoms with Crippen molar-refractivity contribution in [3.8, 4) is 5.75 Å². The lowest BCUT2D eigenvalue weighted by molar-refractivity contribution is -0.129. The molecule has 22 heavy (non-hydrogen) atoms. The van der Waals surface area contributed by atoms with E-state index in [1.165, 1.54) is 0 Å². The van der Waals surface area contributed by atoms with Gasteiger partial charge in [-0.05, 0) is 30.2 Å². The van der Waals surface area contributed by atoms with Gasteiger partial charge in [0.1, 0.15) is 5.75 Å². The smallest absolute Gasteiger partial charge is 0.246 e. The lowest BCUT2D eigenvalue weighted by atomic mass is 10.1. The zero-order valence-electron chi connectivity index (χ0n) is 13.1. The van der Waals surface area contributed by atoms with E-state index in [4.69, 9.17) is 15.2 Å². The fraction of sp³-hybridized carbons (Fsp3) is 0.471. The first-order chi connectivity index (χ1) is 10.7. The van der Waals surface area contributed by atoms with Crippen molar-refractivity contribution in [2.45, 2.75) is 19.8 Å². The highest BCUT2D eigenvalue weighted by molar-refractivity contribution is 5.92. The quantitative estimate of drug-likeness (QED) is 0.497. The van der Waals surface area contributed by atoms with Gasteiger partial charge in [-0.1, -0.05) is 19.4 Å². The zero-order chi connectivity index (χ0) is 15.8. The van der Waals surface area contributed by atoms with Crippen LogP contribution in [0.15, 0.2) is 24.3 Å². The van der Waals surface area contributed by atoms with Gasteiger partial charge in [-0.25, -0.2) is 0 Å². The summed E-state index contributed by atoms with van der Waals surface area (Å²) in [5.74, 6) is 0.704. The summed E-state index contributed by atoms with van der Waals surface area (Å²) in [6.07, 6.45) is 5.46. The first kappa shape index (κ1) is 16.4. The highest BCUT2D eigenvalue weighted by Gasteiger charge is 2.13. The zero-order valence-corrected chi connectivity index (χ0v) is 13.1. The second-order valence-corrected chi connectivity index (χ2v) is 5.27. The van der Waals surface area contributed by atoms with Crippen LogP contribution in [0.3, 0.4) is 0 Å². The van der Waals surface area contributed by atoms with Crippen molar-refractivity contribution in [1.82, 2.24) is 4.90 Å². The van der Waals surface area contributed by atoms with E-state index in [1.807, 2.05) is 18.2 Å². The molecule has 1 fully saturated rings. The van der Waals surface area contributed by atoms with Gasteiger partial charge in [-0.3, -0.25) is 4.79 Å². The Bertz CT molecular complexity index is 523. The summed E-state index contributed by atoms with van der Waals surface area (Å²) in [6, 6.07) is 5.58. The number of hydrogen-bond donors (Lipinski definition) is 1. The maximum atomic E-state index is 12.0. The van der Waals surface area contributed by atoms with Gasteiger partial charge in [0.25, 0.3) is 0 Å². The Hall–Kier alpha value is -2.01. The van der Waals surface area contributed by atoms with E-state index in [9.17, 15) is 4.79 Å². The van der Waals surface area contributed by atoms with Gasteiger partial charge >= 0.3 is 0 Å². The molecule has 0 saturated carbocycles. The summed E-state index contributed by atoms with van der Waals surface area (Å²) in [7, 11) is 0. The van der Waals surface area contributed by atoms with Crippen molar-refractivity contribution in [2.75, 3.05) is 38.6 Å². The molecule has 1 aliphatic heterocycles. The molecule has 0 radical (unpaired) electrons. The van der Waals surface area contributed by atoms with Crippen LogP contribution >= 0.6 is 0 Å². The van der Waals surface area contributed by atoms with Crippen LogP contribution < -0.4 is 10.5 Å². The Morgan fingerprint density at radius 2 is 2.18 bits per heavy atom. The number of morpholine rings is 1. The van der Waals surface area contributed by atoms with Crippen molar-refractivity contribution >= 4 is 17.7 Å². The van der Waals surface area contributed by atoms with E-state index in [2.05, 4.69) is 6.92 Å². The van der Waals surface area contributed by atoms with Crippen molar-refractivity contribution < 1.29 is 14.3 Å². The monoisotopic (exact) mass is 304 g/mol. The summed E-state index contributed by atoms with van der Waals surface area (Å²) in [5.41, 5.74) is 7.47. The van der Waals surface area contributed by atoms with Crippen molar-refractivity contribution in [1.29, 1.82) is 0 Å². The van der Waals surface area contributed by atoms with Crippen LogP contribution in [0.25, 0.3) is 6.08 Å². The second kappa shape index (κ2) is 8.44. The summed E-state index contributed by atoms with van der Waals surface area (Å²) >= 11 is 0. The Balaban J connectivity index is 1.93. The number of hydrogen-bond acceptors (Lipinski definition) is 4. The summed E-state index contributed by atoms with van der Waals surface area (Å²) < 4.78 is 10.8. The van der Waals surface area contributed by atoms with E-state index < -0.39 is 0 Å². The predicted octanol–water partition coefficient (Wildman–Crippen LogP) is 2.32. The molecule has 1 aromatic carbocycles. The molecular weight excluding hydrogens is 280 g/mol. The number of unbranched alkanes of at least 4 members (excludes halogenated alkanes) is 1. The van der Waals surface area contributed by atoms with Crippen LogP contribution in [0.2, 0.25) is 0 Å². The van der Waals surface area contributed by atoms with Gasteiger partial charge in [0.05, 0.1) is 25.5 Å². The molecule has 0 aromatic heterocycles. The molecule has 1 aromatic rings. The third-order valence-electron chi connectivity index (χ3n) is 3.53. The number of nitrogen functional groups attached to an aromatic ring is 1. The first-order valence-electron chi connectivity index (χ1n) is 7.77. The van der Waals surface area contributed by atoms with Crippen LogP contribution in [0.1, 0.15) is 25.3 Å². The van der Waals surface area contributed by atoms with E-state index in [0.717, 1.165) is 18.4 Å². The molecule has 1 heterocycles. The molecule has 120 valence electrons. The largest absolute Gasteiger partial charge is 0.491 e. The normalized spacial score (nSPS) is 15.2. The molecule has 1 aliphatic rings.